The lowest BCUT2D eigenvalue weighted by Gasteiger charge is -2.26. The molecule has 4 heteroatoms. The molecule has 0 aliphatic carbocycles. The van der Waals surface area contributed by atoms with Gasteiger partial charge in [0.05, 0.1) is 11.4 Å². The predicted octanol–water partition coefficient (Wildman–Crippen LogP) is 2.57. The molecule has 1 aromatic rings. The van der Waals surface area contributed by atoms with Gasteiger partial charge in [0.2, 0.25) is 0 Å². The highest BCUT2D eigenvalue weighted by Gasteiger charge is 2.17. The molecule has 1 aromatic carbocycles. The van der Waals surface area contributed by atoms with Crippen molar-refractivity contribution in [1.29, 1.82) is 0 Å². The lowest BCUT2D eigenvalue weighted by Crippen LogP contribution is -2.30. The van der Waals surface area contributed by atoms with Gasteiger partial charge < -0.3 is 16.0 Å². The van der Waals surface area contributed by atoms with Crippen LogP contribution < -0.4 is 16.0 Å². The summed E-state index contributed by atoms with van der Waals surface area (Å²) in [5, 5.41) is 9.05. The second kappa shape index (κ2) is 5.08. The summed E-state index contributed by atoms with van der Waals surface area (Å²) in [5.41, 5.74) is 3.20. The van der Waals surface area contributed by atoms with Crippen LogP contribution in [0.15, 0.2) is 18.2 Å². The van der Waals surface area contributed by atoms with E-state index in [0.717, 1.165) is 24.2 Å². The number of amides is 2. The quantitative estimate of drug-likeness (QED) is 0.735. The number of nitrogens with one attached hydrogen (secondary N) is 3. The molecule has 1 heterocycles. The van der Waals surface area contributed by atoms with E-state index in [4.69, 9.17) is 0 Å². The van der Waals surface area contributed by atoms with Gasteiger partial charge in [0, 0.05) is 12.6 Å². The van der Waals surface area contributed by atoms with Crippen molar-refractivity contribution >= 4 is 17.4 Å². The molecule has 0 aromatic heterocycles. The molecule has 1 atom stereocenters. The number of urea groups is 1. The Morgan fingerprint density at radius 2 is 2.35 bits per heavy atom. The van der Waals surface area contributed by atoms with Gasteiger partial charge in [-0.15, -0.1) is 0 Å². The van der Waals surface area contributed by atoms with E-state index < -0.39 is 0 Å². The first-order valence-corrected chi connectivity index (χ1v) is 6.14. The van der Waals surface area contributed by atoms with E-state index in [1.165, 1.54) is 5.56 Å². The first kappa shape index (κ1) is 11.8. The van der Waals surface area contributed by atoms with E-state index >= 15 is 0 Å². The summed E-state index contributed by atoms with van der Waals surface area (Å²) in [6.45, 7) is 4.69. The summed E-state index contributed by atoms with van der Waals surface area (Å²) in [7, 11) is 0. The molecular formula is C13H19N3O. The minimum Gasteiger partial charge on any atom is -0.381 e. The van der Waals surface area contributed by atoms with Crippen LogP contribution in [0.2, 0.25) is 0 Å². The largest absolute Gasteiger partial charge is 0.381 e. The van der Waals surface area contributed by atoms with Crippen LogP contribution in [-0.4, -0.2) is 18.6 Å². The normalized spacial score (nSPS) is 17.9. The van der Waals surface area contributed by atoms with Crippen molar-refractivity contribution in [3.63, 3.8) is 0 Å². The molecule has 1 aliphatic rings. The number of aryl methyl sites for hydroxylation is 1. The maximum absolute atomic E-state index is 11.5. The Hall–Kier alpha value is -1.71. The number of anilines is 2. The fourth-order valence-electron chi connectivity index (χ4n) is 2.10. The number of hydrogen-bond donors (Lipinski definition) is 3. The van der Waals surface area contributed by atoms with E-state index in [2.05, 4.69) is 28.9 Å². The highest BCUT2D eigenvalue weighted by atomic mass is 16.2. The third kappa shape index (κ3) is 2.70. The topological polar surface area (TPSA) is 53.2 Å². The summed E-state index contributed by atoms with van der Waals surface area (Å²) in [5.74, 6) is 0. The molecule has 0 saturated carbocycles. The Labute approximate surface area is 102 Å². The molecule has 2 amide bonds. The molecule has 92 valence electrons. The molecule has 0 fully saturated rings. The van der Waals surface area contributed by atoms with Gasteiger partial charge in [0.25, 0.3) is 0 Å². The van der Waals surface area contributed by atoms with Crippen LogP contribution in [0, 0.1) is 0 Å². The van der Waals surface area contributed by atoms with Crippen LogP contribution >= 0.6 is 0 Å². The smallest absolute Gasteiger partial charge is 0.319 e. The number of carbonyl (C=O) groups excluding carboxylic acids is 1. The first-order chi connectivity index (χ1) is 8.20. The van der Waals surface area contributed by atoms with Gasteiger partial charge in [-0.05, 0) is 38.3 Å². The van der Waals surface area contributed by atoms with E-state index in [1.807, 2.05) is 19.1 Å². The van der Waals surface area contributed by atoms with Crippen LogP contribution in [0.3, 0.4) is 0 Å². The Bertz CT molecular complexity index is 417. The highest BCUT2D eigenvalue weighted by molar-refractivity contribution is 5.93. The third-order valence-corrected chi connectivity index (χ3v) is 2.97. The number of para-hydroxylation sites is 1. The zero-order valence-electron chi connectivity index (χ0n) is 10.3. The average molecular weight is 233 g/mol. The van der Waals surface area contributed by atoms with Gasteiger partial charge in [0.1, 0.15) is 0 Å². The van der Waals surface area contributed by atoms with Crippen molar-refractivity contribution in [1.82, 2.24) is 5.32 Å². The Morgan fingerprint density at radius 1 is 1.53 bits per heavy atom. The maximum Gasteiger partial charge on any atom is 0.319 e. The number of rotatable bonds is 2. The number of hydrogen-bond acceptors (Lipinski definition) is 2. The molecular weight excluding hydrogens is 214 g/mol. The van der Waals surface area contributed by atoms with Gasteiger partial charge in [-0.25, -0.2) is 4.79 Å². The monoisotopic (exact) mass is 233 g/mol. The van der Waals surface area contributed by atoms with Crippen molar-refractivity contribution in [2.45, 2.75) is 32.7 Å². The molecule has 0 bridgehead atoms. The van der Waals surface area contributed by atoms with Crippen molar-refractivity contribution in [3.05, 3.63) is 23.8 Å². The molecule has 3 N–H and O–H groups in total. The van der Waals surface area contributed by atoms with Crippen LogP contribution in [0.1, 0.15) is 25.8 Å². The fraction of sp³-hybridized carbons (Fsp3) is 0.462. The van der Waals surface area contributed by atoms with Crippen molar-refractivity contribution in [3.8, 4) is 0 Å². The number of carbonyl (C=O) groups is 1. The van der Waals surface area contributed by atoms with Gasteiger partial charge >= 0.3 is 6.03 Å². The van der Waals surface area contributed by atoms with Gasteiger partial charge in [-0.1, -0.05) is 12.1 Å². The van der Waals surface area contributed by atoms with E-state index in [1.54, 1.807) is 0 Å². The summed E-state index contributed by atoms with van der Waals surface area (Å²) in [4.78, 5) is 11.5. The van der Waals surface area contributed by atoms with Crippen LogP contribution in [0.4, 0.5) is 16.2 Å². The predicted molar refractivity (Wildman–Crippen MR) is 70.5 cm³/mol. The van der Waals surface area contributed by atoms with Gasteiger partial charge in [-0.3, -0.25) is 0 Å². The highest BCUT2D eigenvalue weighted by Crippen LogP contribution is 2.31. The van der Waals surface area contributed by atoms with Gasteiger partial charge in [-0.2, -0.15) is 0 Å². The third-order valence-electron chi connectivity index (χ3n) is 2.97. The van der Waals surface area contributed by atoms with Crippen molar-refractivity contribution < 1.29 is 4.79 Å². The van der Waals surface area contributed by atoms with Gasteiger partial charge in [0.15, 0.2) is 0 Å². The van der Waals surface area contributed by atoms with Crippen molar-refractivity contribution in [2.75, 3.05) is 17.2 Å². The maximum atomic E-state index is 11.5. The zero-order valence-corrected chi connectivity index (χ0v) is 10.3. The summed E-state index contributed by atoms with van der Waals surface area (Å²) < 4.78 is 0. The Balaban J connectivity index is 2.20. The second-order valence-electron chi connectivity index (χ2n) is 4.41. The second-order valence-corrected chi connectivity index (χ2v) is 4.41. The molecule has 17 heavy (non-hydrogen) atoms. The molecule has 1 aliphatic heterocycles. The van der Waals surface area contributed by atoms with E-state index in [9.17, 15) is 4.79 Å². The SMILES string of the molecule is CCNC(=O)Nc1cccc2c1NC(C)CC2. The number of fused-ring (bicyclic) bond motifs is 1. The van der Waals surface area contributed by atoms with E-state index in [-0.39, 0.29) is 6.03 Å². The minimum absolute atomic E-state index is 0.152. The lowest BCUT2D eigenvalue weighted by atomic mass is 9.98. The molecule has 0 spiro atoms. The molecule has 4 nitrogen and oxygen atoms in total. The lowest BCUT2D eigenvalue weighted by molar-refractivity contribution is 0.252. The first-order valence-electron chi connectivity index (χ1n) is 6.14. The summed E-state index contributed by atoms with van der Waals surface area (Å²) in [6, 6.07) is 6.33. The molecule has 2 rings (SSSR count). The standard InChI is InChI=1S/C13H19N3O/c1-3-14-13(17)16-11-6-4-5-10-8-7-9(2)15-12(10)11/h4-6,9,15H,3,7-8H2,1-2H3,(H2,14,16,17). The Kier molecular flexibility index (Phi) is 3.52. The summed E-state index contributed by atoms with van der Waals surface area (Å²) in [6.07, 6.45) is 2.20. The Morgan fingerprint density at radius 3 is 3.12 bits per heavy atom. The minimum atomic E-state index is -0.152. The summed E-state index contributed by atoms with van der Waals surface area (Å²) >= 11 is 0. The van der Waals surface area contributed by atoms with E-state index in [0.29, 0.717) is 12.6 Å². The molecule has 0 saturated heterocycles. The zero-order chi connectivity index (χ0) is 12.3. The molecule has 1 unspecified atom stereocenters. The van der Waals surface area contributed by atoms with Crippen LogP contribution in [-0.2, 0) is 6.42 Å². The average Bonchev–Trinajstić information content (AvgIpc) is 2.30. The molecule has 0 radical (unpaired) electrons. The fourth-order valence-corrected chi connectivity index (χ4v) is 2.10. The van der Waals surface area contributed by atoms with Crippen molar-refractivity contribution in [2.24, 2.45) is 0 Å². The van der Waals surface area contributed by atoms with Crippen LogP contribution in [0.25, 0.3) is 0 Å². The number of benzene rings is 1. The van der Waals surface area contributed by atoms with Crippen LogP contribution in [0.5, 0.6) is 0 Å².